The highest BCUT2D eigenvalue weighted by Crippen LogP contribution is 2.13. The smallest absolute Gasteiger partial charge is 0.412 e. The van der Waals surface area contributed by atoms with Crippen molar-refractivity contribution >= 4 is 11.8 Å². The number of amides is 1. The molecule has 0 aliphatic carbocycles. The van der Waals surface area contributed by atoms with E-state index < -0.39 is 11.7 Å². The van der Waals surface area contributed by atoms with Gasteiger partial charge in [0.25, 0.3) is 0 Å². The fourth-order valence-electron chi connectivity index (χ4n) is 2.10. The molecule has 0 heterocycles. The van der Waals surface area contributed by atoms with Crippen LogP contribution in [0.2, 0.25) is 0 Å². The fraction of sp³-hybridized carbons (Fsp3) is 0.611. The van der Waals surface area contributed by atoms with E-state index in [0.29, 0.717) is 5.92 Å². The fourth-order valence-corrected chi connectivity index (χ4v) is 2.10. The second-order valence-electron chi connectivity index (χ2n) is 6.84. The van der Waals surface area contributed by atoms with Gasteiger partial charge in [0, 0.05) is 19.4 Å². The van der Waals surface area contributed by atoms with E-state index in [1.54, 1.807) is 7.11 Å². The Morgan fingerprint density at radius 2 is 1.87 bits per heavy atom. The van der Waals surface area contributed by atoms with Crippen molar-refractivity contribution in [3.05, 3.63) is 29.8 Å². The lowest BCUT2D eigenvalue weighted by atomic mass is 10.1. The lowest BCUT2D eigenvalue weighted by Gasteiger charge is -2.19. The Labute approximate surface area is 139 Å². The molecule has 1 atom stereocenters. The Morgan fingerprint density at radius 1 is 1.22 bits per heavy atom. The van der Waals surface area contributed by atoms with Gasteiger partial charge in [-0.1, -0.05) is 19.1 Å². The Balaban J connectivity index is 2.32. The number of benzene rings is 1. The predicted molar refractivity (Wildman–Crippen MR) is 93.9 cm³/mol. The molecule has 1 unspecified atom stereocenters. The molecule has 1 aromatic carbocycles. The van der Waals surface area contributed by atoms with Crippen molar-refractivity contribution in [1.29, 1.82) is 0 Å². The first-order valence-corrected chi connectivity index (χ1v) is 8.09. The van der Waals surface area contributed by atoms with Crippen LogP contribution in [0, 0.1) is 5.92 Å². The van der Waals surface area contributed by atoms with Gasteiger partial charge in [0.1, 0.15) is 5.60 Å². The highest BCUT2D eigenvalue weighted by Gasteiger charge is 2.15. The molecule has 1 rings (SSSR count). The third-order valence-electron chi connectivity index (χ3n) is 3.13. The van der Waals surface area contributed by atoms with E-state index in [4.69, 9.17) is 9.47 Å². The van der Waals surface area contributed by atoms with E-state index >= 15 is 0 Å². The van der Waals surface area contributed by atoms with Crippen LogP contribution in [0.3, 0.4) is 0 Å². The van der Waals surface area contributed by atoms with E-state index in [2.05, 4.69) is 17.6 Å². The summed E-state index contributed by atoms with van der Waals surface area (Å²) in [6, 6.07) is 7.83. The van der Waals surface area contributed by atoms with Gasteiger partial charge in [0.05, 0.1) is 0 Å². The average Bonchev–Trinajstić information content (AvgIpc) is 2.43. The van der Waals surface area contributed by atoms with E-state index in [1.165, 1.54) is 5.56 Å². The van der Waals surface area contributed by atoms with Crippen molar-refractivity contribution in [1.82, 2.24) is 5.32 Å². The lowest BCUT2D eigenvalue weighted by Crippen LogP contribution is -2.27. The summed E-state index contributed by atoms with van der Waals surface area (Å²) in [4.78, 5) is 11.7. The first-order chi connectivity index (χ1) is 10.8. The molecular formula is C18H30N2O3. The zero-order chi connectivity index (χ0) is 17.3. The molecule has 23 heavy (non-hydrogen) atoms. The Bertz CT molecular complexity index is 466. The molecule has 5 heteroatoms. The summed E-state index contributed by atoms with van der Waals surface area (Å²) >= 11 is 0. The lowest BCUT2D eigenvalue weighted by molar-refractivity contribution is 0.0636. The minimum absolute atomic E-state index is 0.431. The standard InChI is InChI=1S/C18H30N2O3/c1-14(13-22-5)12-19-11-10-15-6-8-16(9-7-15)20-17(21)23-18(2,3)4/h6-9,14,19H,10-13H2,1-5H3,(H,20,21). The number of rotatable bonds is 8. The third kappa shape index (κ3) is 9.21. The van der Waals surface area contributed by atoms with Gasteiger partial charge in [-0.3, -0.25) is 5.32 Å². The summed E-state index contributed by atoms with van der Waals surface area (Å²) in [5.74, 6) is 0.514. The van der Waals surface area contributed by atoms with Gasteiger partial charge >= 0.3 is 6.09 Å². The van der Waals surface area contributed by atoms with Crippen molar-refractivity contribution in [2.24, 2.45) is 5.92 Å². The van der Waals surface area contributed by atoms with E-state index in [-0.39, 0.29) is 0 Å². The largest absolute Gasteiger partial charge is 0.444 e. The van der Waals surface area contributed by atoms with Gasteiger partial charge in [-0.2, -0.15) is 0 Å². The summed E-state index contributed by atoms with van der Waals surface area (Å²) < 4.78 is 10.3. The second-order valence-corrected chi connectivity index (χ2v) is 6.84. The normalized spacial score (nSPS) is 12.7. The topological polar surface area (TPSA) is 59.6 Å². The molecule has 0 saturated heterocycles. The van der Waals surface area contributed by atoms with Crippen LogP contribution in [0.5, 0.6) is 0 Å². The van der Waals surface area contributed by atoms with Crippen molar-refractivity contribution in [2.45, 2.75) is 39.7 Å². The van der Waals surface area contributed by atoms with Crippen LogP contribution in [-0.4, -0.2) is 38.5 Å². The summed E-state index contributed by atoms with van der Waals surface area (Å²) in [5.41, 5.74) is 1.48. The number of carbonyl (C=O) groups is 1. The van der Waals surface area contributed by atoms with Crippen molar-refractivity contribution in [2.75, 3.05) is 32.1 Å². The van der Waals surface area contributed by atoms with Crippen LogP contribution in [0.4, 0.5) is 10.5 Å². The van der Waals surface area contributed by atoms with Crippen LogP contribution >= 0.6 is 0 Å². The number of hydrogen-bond donors (Lipinski definition) is 2. The molecule has 0 aliphatic rings. The molecule has 5 nitrogen and oxygen atoms in total. The zero-order valence-corrected chi connectivity index (χ0v) is 14.9. The SMILES string of the molecule is COCC(C)CNCCc1ccc(NC(=O)OC(C)(C)C)cc1. The summed E-state index contributed by atoms with van der Waals surface area (Å²) in [6.07, 6.45) is 0.519. The van der Waals surface area contributed by atoms with E-state index in [0.717, 1.165) is 31.8 Å². The highest BCUT2D eigenvalue weighted by atomic mass is 16.6. The van der Waals surface area contributed by atoms with Crippen LogP contribution in [0.1, 0.15) is 33.3 Å². The van der Waals surface area contributed by atoms with Gasteiger partial charge < -0.3 is 14.8 Å². The maximum absolute atomic E-state index is 11.7. The molecule has 2 N–H and O–H groups in total. The molecule has 0 radical (unpaired) electrons. The molecule has 130 valence electrons. The molecule has 0 fully saturated rings. The molecule has 0 aliphatic heterocycles. The monoisotopic (exact) mass is 322 g/mol. The minimum Gasteiger partial charge on any atom is -0.444 e. The molecule has 0 aromatic heterocycles. The molecule has 1 amide bonds. The average molecular weight is 322 g/mol. The molecule has 0 spiro atoms. The predicted octanol–water partition coefficient (Wildman–Crippen LogP) is 3.45. The van der Waals surface area contributed by atoms with E-state index in [9.17, 15) is 4.79 Å². The minimum atomic E-state index is -0.490. The maximum Gasteiger partial charge on any atom is 0.412 e. The number of ether oxygens (including phenoxy) is 2. The Morgan fingerprint density at radius 3 is 2.43 bits per heavy atom. The quantitative estimate of drug-likeness (QED) is 0.720. The molecule has 0 saturated carbocycles. The third-order valence-corrected chi connectivity index (χ3v) is 3.13. The van der Waals surface area contributed by atoms with Gasteiger partial charge in [-0.05, 0) is 63.9 Å². The van der Waals surface area contributed by atoms with Gasteiger partial charge in [-0.25, -0.2) is 4.79 Å². The molecule has 1 aromatic rings. The van der Waals surface area contributed by atoms with Crippen LogP contribution in [-0.2, 0) is 15.9 Å². The molecule has 0 bridgehead atoms. The zero-order valence-electron chi connectivity index (χ0n) is 14.9. The first-order valence-electron chi connectivity index (χ1n) is 8.09. The summed E-state index contributed by atoms with van der Waals surface area (Å²) in [7, 11) is 1.73. The van der Waals surface area contributed by atoms with Gasteiger partial charge in [-0.15, -0.1) is 0 Å². The number of methoxy groups -OCH3 is 1. The van der Waals surface area contributed by atoms with Crippen molar-refractivity contribution in [3.8, 4) is 0 Å². The van der Waals surface area contributed by atoms with Crippen LogP contribution < -0.4 is 10.6 Å². The van der Waals surface area contributed by atoms with Crippen LogP contribution in [0.25, 0.3) is 0 Å². The van der Waals surface area contributed by atoms with E-state index in [1.807, 2.05) is 45.0 Å². The van der Waals surface area contributed by atoms with Crippen LogP contribution in [0.15, 0.2) is 24.3 Å². The number of anilines is 1. The molecular weight excluding hydrogens is 292 g/mol. The van der Waals surface area contributed by atoms with Crippen molar-refractivity contribution < 1.29 is 14.3 Å². The summed E-state index contributed by atoms with van der Waals surface area (Å²) in [5, 5.41) is 6.15. The first kappa shape index (κ1) is 19.5. The summed E-state index contributed by atoms with van der Waals surface area (Å²) in [6.45, 7) is 10.3. The Kier molecular flexibility index (Phi) is 8.06. The highest BCUT2D eigenvalue weighted by molar-refractivity contribution is 5.84. The van der Waals surface area contributed by atoms with Gasteiger partial charge in [0.15, 0.2) is 0 Å². The second kappa shape index (κ2) is 9.53. The number of carbonyl (C=O) groups excluding carboxylic acids is 1. The number of hydrogen-bond acceptors (Lipinski definition) is 4. The van der Waals surface area contributed by atoms with Gasteiger partial charge in [0.2, 0.25) is 0 Å². The Hall–Kier alpha value is -1.59. The maximum atomic E-state index is 11.7. The van der Waals surface area contributed by atoms with Crippen molar-refractivity contribution in [3.63, 3.8) is 0 Å². The number of nitrogens with one attached hydrogen (secondary N) is 2.